The molecule has 2 unspecified atom stereocenters. The molecular weight excluding hydrogens is 198 g/mol. The van der Waals surface area contributed by atoms with Crippen LogP contribution in [0.15, 0.2) is 30.3 Å². The lowest BCUT2D eigenvalue weighted by molar-refractivity contribution is 0.0592. The summed E-state index contributed by atoms with van der Waals surface area (Å²) in [6.07, 6.45) is 2.21. The molecule has 0 amide bonds. The highest BCUT2D eigenvalue weighted by Gasteiger charge is 2.25. The van der Waals surface area contributed by atoms with Gasteiger partial charge in [0, 0.05) is 13.2 Å². The number of benzene rings is 1. The summed E-state index contributed by atoms with van der Waals surface area (Å²) in [6, 6.07) is 10.3. The van der Waals surface area contributed by atoms with Gasteiger partial charge in [-0.15, -0.1) is 0 Å². The van der Waals surface area contributed by atoms with Crippen molar-refractivity contribution in [3.05, 3.63) is 35.9 Å². The first-order valence-electron chi connectivity index (χ1n) is 6.07. The SMILES string of the molecule is CCC(CC)C(N)C(OC)c1ccccc1. The van der Waals surface area contributed by atoms with Gasteiger partial charge in [-0.25, -0.2) is 0 Å². The third kappa shape index (κ3) is 3.06. The molecule has 0 radical (unpaired) electrons. The van der Waals surface area contributed by atoms with Gasteiger partial charge in [-0.05, 0) is 11.5 Å². The molecule has 2 atom stereocenters. The van der Waals surface area contributed by atoms with Gasteiger partial charge in [0.15, 0.2) is 0 Å². The van der Waals surface area contributed by atoms with E-state index in [2.05, 4.69) is 26.0 Å². The topological polar surface area (TPSA) is 35.2 Å². The Kier molecular flexibility index (Phi) is 5.50. The zero-order chi connectivity index (χ0) is 12.0. The fourth-order valence-corrected chi connectivity index (χ4v) is 2.24. The first-order chi connectivity index (χ1) is 7.74. The standard InChI is InChI=1S/C14H23NO/c1-4-11(5-2)13(15)14(16-3)12-9-7-6-8-10-12/h6-11,13-14H,4-5,15H2,1-3H3. The lowest BCUT2D eigenvalue weighted by Crippen LogP contribution is -2.36. The fourth-order valence-electron chi connectivity index (χ4n) is 2.24. The van der Waals surface area contributed by atoms with Crippen molar-refractivity contribution in [3.8, 4) is 0 Å². The van der Waals surface area contributed by atoms with Gasteiger partial charge >= 0.3 is 0 Å². The van der Waals surface area contributed by atoms with Crippen molar-refractivity contribution in [2.24, 2.45) is 11.7 Å². The molecule has 0 saturated heterocycles. The third-order valence-corrected chi connectivity index (χ3v) is 3.32. The van der Waals surface area contributed by atoms with Crippen LogP contribution in [0, 0.1) is 5.92 Å². The van der Waals surface area contributed by atoms with Gasteiger partial charge in [-0.3, -0.25) is 0 Å². The van der Waals surface area contributed by atoms with Gasteiger partial charge in [0.25, 0.3) is 0 Å². The summed E-state index contributed by atoms with van der Waals surface area (Å²) < 4.78 is 5.56. The second-order valence-electron chi connectivity index (χ2n) is 4.22. The summed E-state index contributed by atoms with van der Waals surface area (Å²) >= 11 is 0. The first kappa shape index (κ1) is 13.2. The molecule has 90 valence electrons. The van der Waals surface area contributed by atoms with Crippen molar-refractivity contribution in [2.75, 3.05) is 7.11 Å². The van der Waals surface area contributed by atoms with Gasteiger partial charge in [-0.2, -0.15) is 0 Å². The molecule has 0 aliphatic heterocycles. The molecule has 1 aromatic rings. The molecule has 0 spiro atoms. The fraction of sp³-hybridized carbons (Fsp3) is 0.571. The second kappa shape index (κ2) is 6.66. The number of rotatable bonds is 6. The highest BCUT2D eigenvalue weighted by Crippen LogP contribution is 2.26. The van der Waals surface area contributed by atoms with Gasteiger partial charge < -0.3 is 10.5 Å². The number of methoxy groups -OCH3 is 1. The Morgan fingerprint density at radius 1 is 1.12 bits per heavy atom. The van der Waals surface area contributed by atoms with Crippen LogP contribution in [0.4, 0.5) is 0 Å². The van der Waals surface area contributed by atoms with Gasteiger partial charge in [0.05, 0.1) is 6.10 Å². The van der Waals surface area contributed by atoms with E-state index in [9.17, 15) is 0 Å². The maximum atomic E-state index is 6.30. The molecule has 2 heteroatoms. The van der Waals surface area contributed by atoms with Crippen molar-refractivity contribution in [1.29, 1.82) is 0 Å². The smallest absolute Gasteiger partial charge is 0.0974 e. The van der Waals surface area contributed by atoms with Gasteiger partial charge in [0.2, 0.25) is 0 Å². The van der Waals surface area contributed by atoms with Crippen molar-refractivity contribution < 1.29 is 4.74 Å². The summed E-state index contributed by atoms with van der Waals surface area (Å²) in [5, 5.41) is 0. The molecule has 0 aliphatic rings. The van der Waals surface area contributed by atoms with E-state index >= 15 is 0 Å². The van der Waals surface area contributed by atoms with Crippen LogP contribution in [0.3, 0.4) is 0 Å². The van der Waals surface area contributed by atoms with Crippen molar-refractivity contribution in [2.45, 2.75) is 38.8 Å². The minimum Gasteiger partial charge on any atom is -0.375 e. The molecule has 2 nitrogen and oxygen atoms in total. The molecule has 0 bridgehead atoms. The minimum absolute atomic E-state index is 0.00565. The molecule has 0 fully saturated rings. The Morgan fingerprint density at radius 2 is 1.69 bits per heavy atom. The molecule has 0 saturated carbocycles. The van der Waals surface area contributed by atoms with Gasteiger partial charge in [0.1, 0.15) is 0 Å². The van der Waals surface area contributed by atoms with Crippen LogP contribution in [0.1, 0.15) is 38.4 Å². The maximum absolute atomic E-state index is 6.30. The highest BCUT2D eigenvalue weighted by molar-refractivity contribution is 5.19. The maximum Gasteiger partial charge on any atom is 0.0974 e. The van der Waals surface area contributed by atoms with Crippen LogP contribution in [-0.2, 0) is 4.74 Å². The van der Waals surface area contributed by atoms with E-state index in [-0.39, 0.29) is 12.1 Å². The Labute approximate surface area is 98.8 Å². The number of ether oxygens (including phenoxy) is 1. The Hall–Kier alpha value is -0.860. The number of nitrogens with two attached hydrogens (primary N) is 1. The Balaban J connectivity index is 2.82. The zero-order valence-electron chi connectivity index (χ0n) is 10.5. The van der Waals surface area contributed by atoms with Crippen LogP contribution in [0.2, 0.25) is 0 Å². The number of hydrogen-bond acceptors (Lipinski definition) is 2. The molecule has 0 aromatic heterocycles. The van der Waals surface area contributed by atoms with Crippen LogP contribution >= 0.6 is 0 Å². The summed E-state index contributed by atoms with van der Waals surface area (Å²) in [6.45, 7) is 4.37. The lowest BCUT2D eigenvalue weighted by Gasteiger charge is -2.29. The normalized spacial score (nSPS) is 15.1. The molecule has 0 heterocycles. The second-order valence-corrected chi connectivity index (χ2v) is 4.22. The van der Waals surface area contributed by atoms with E-state index < -0.39 is 0 Å². The average Bonchev–Trinajstić information content (AvgIpc) is 2.33. The predicted molar refractivity (Wildman–Crippen MR) is 68.2 cm³/mol. The lowest BCUT2D eigenvalue weighted by atomic mass is 9.88. The monoisotopic (exact) mass is 221 g/mol. The summed E-state index contributed by atoms with van der Waals surface area (Å²) in [5.41, 5.74) is 7.47. The molecular formula is C14H23NO. The van der Waals surface area contributed by atoms with E-state index in [1.165, 1.54) is 5.56 Å². The number of hydrogen-bond donors (Lipinski definition) is 1. The predicted octanol–water partition coefficient (Wildman–Crippen LogP) is 3.14. The molecule has 1 rings (SSSR count). The van der Waals surface area contributed by atoms with E-state index in [1.807, 2.05) is 18.2 Å². The van der Waals surface area contributed by atoms with Crippen molar-refractivity contribution >= 4 is 0 Å². The minimum atomic E-state index is 0.00565. The quantitative estimate of drug-likeness (QED) is 0.801. The largest absolute Gasteiger partial charge is 0.375 e. The molecule has 1 aromatic carbocycles. The zero-order valence-corrected chi connectivity index (χ0v) is 10.5. The summed E-state index contributed by atoms with van der Waals surface area (Å²) in [4.78, 5) is 0. The van der Waals surface area contributed by atoms with E-state index in [1.54, 1.807) is 7.11 Å². The third-order valence-electron chi connectivity index (χ3n) is 3.32. The Morgan fingerprint density at radius 3 is 2.12 bits per heavy atom. The molecule has 16 heavy (non-hydrogen) atoms. The van der Waals surface area contributed by atoms with Crippen LogP contribution in [0.25, 0.3) is 0 Å². The van der Waals surface area contributed by atoms with Crippen molar-refractivity contribution in [1.82, 2.24) is 0 Å². The van der Waals surface area contributed by atoms with Crippen molar-refractivity contribution in [3.63, 3.8) is 0 Å². The summed E-state index contributed by atoms with van der Waals surface area (Å²) in [7, 11) is 1.74. The van der Waals surface area contributed by atoms with Gasteiger partial charge in [-0.1, -0.05) is 57.0 Å². The van der Waals surface area contributed by atoms with E-state index in [0.29, 0.717) is 5.92 Å². The average molecular weight is 221 g/mol. The first-order valence-corrected chi connectivity index (χ1v) is 6.07. The van der Waals surface area contributed by atoms with E-state index in [0.717, 1.165) is 12.8 Å². The molecule has 2 N–H and O–H groups in total. The van der Waals surface area contributed by atoms with Crippen LogP contribution < -0.4 is 5.73 Å². The van der Waals surface area contributed by atoms with Crippen LogP contribution in [-0.4, -0.2) is 13.2 Å². The highest BCUT2D eigenvalue weighted by atomic mass is 16.5. The van der Waals surface area contributed by atoms with Crippen LogP contribution in [0.5, 0.6) is 0 Å². The summed E-state index contributed by atoms with van der Waals surface area (Å²) in [5.74, 6) is 0.519. The van der Waals surface area contributed by atoms with E-state index in [4.69, 9.17) is 10.5 Å². The molecule has 0 aliphatic carbocycles. The Bertz CT molecular complexity index is 282.